The van der Waals surface area contributed by atoms with E-state index in [2.05, 4.69) is 5.16 Å². The van der Waals surface area contributed by atoms with Crippen LogP contribution in [0.2, 0.25) is 0 Å². The molecule has 1 saturated carbocycles. The molecule has 1 aliphatic rings. The van der Waals surface area contributed by atoms with Crippen molar-refractivity contribution in [1.29, 1.82) is 0 Å². The molecule has 1 heterocycles. The maximum absolute atomic E-state index is 14.0. The number of halogens is 1. The quantitative estimate of drug-likeness (QED) is 0.930. The molecule has 1 aliphatic carbocycles. The minimum absolute atomic E-state index is 0.0669. The number of benzene rings is 1. The number of sulfone groups is 1. The molecule has 100 valence electrons. The van der Waals surface area contributed by atoms with Crippen LogP contribution in [0.1, 0.15) is 12.8 Å². The van der Waals surface area contributed by atoms with Gasteiger partial charge in [0.25, 0.3) is 0 Å². The van der Waals surface area contributed by atoms with Crippen molar-refractivity contribution in [2.24, 2.45) is 0 Å². The number of hydrogen-bond donors (Lipinski definition) is 1. The highest BCUT2D eigenvalue weighted by Gasteiger charge is 2.38. The monoisotopic (exact) mass is 282 g/mol. The van der Waals surface area contributed by atoms with Crippen molar-refractivity contribution in [1.82, 2.24) is 5.16 Å². The van der Waals surface area contributed by atoms with Crippen molar-refractivity contribution < 1.29 is 17.3 Å². The van der Waals surface area contributed by atoms with Crippen molar-refractivity contribution in [2.75, 3.05) is 5.73 Å². The molecular weight excluding hydrogens is 271 g/mol. The van der Waals surface area contributed by atoms with Gasteiger partial charge in [-0.2, -0.15) is 0 Å². The summed E-state index contributed by atoms with van der Waals surface area (Å²) in [5, 5.41) is 3.06. The number of nitrogens with zero attached hydrogens (tertiary/aromatic N) is 1. The van der Waals surface area contributed by atoms with Crippen LogP contribution >= 0.6 is 0 Å². The number of aromatic nitrogens is 1. The lowest BCUT2D eigenvalue weighted by Crippen LogP contribution is -2.09. The zero-order valence-electron chi connectivity index (χ0n) is 9.84. The van der Waals surface area contributed by atoms with Gasteiger partial charge in [0.1, 0.15) is 10.7 Å². The SMILES string of the molecule is Nc1oncc1-c1ccc(S(=O)(=O)C2CC2)c(F)c1. The van der Waals surface area contributed by atoms with Gasteiger partial charge in [-0.3, -0.25) is 0 Å². The first-order chi connectivity index (χ1) is 9.00. The van der Waals surface area contributed by atoms with Gasteiger partial charge >= 0.3 is 0 Å². The summed E-state index contributed by atoms with van der Waals surface area (Å²) in [7, 11) is -3.54. The molecular formula is C12H11FN2O3S. The third-order valence-electron chi connectivity index (χ3n) is 3.11. The molecule has 1 aromatic heterocycles. The molecule has 0 atom stereocenters. The fourth-order valence-corrected chi connectivity index (χ4v) is 3.63. The van der Waals surface area contributed by atoms with E-state index in [1.807, 2.05) is 0 Å². The Labute approximate surface area is 109 Å². The van der Waals surface area contributed by atoms with E-state index in [0.717, 1.165) is 6.07 Å². The Bertz CT molecular complexity index is 735. The van der Waals surface area contributed by atoms with Crippen LogP contribution in [-0.4, -0.2) is 18.8 Å². The van der Waals surface area contributed by atoms with Crippen LogP contribution in [-0.2, 0) is 9.84 Å². The summed E-state index contributed by atoms with van der Waals surface area (Å²) in [6.07, 6.45) is 2.56. The highest BCUT2D eigenvalue weighted by Crippen LogP contribution is 2.36. The molecule has 3 rings (SSSR count). The summed E-state index contributed by atoms with van der Waals surface area (Å²) in [5.74, 6) is -0.706. The molecule has 0 unspecified atom stereocenters. The summed E-state index contributed by atoms with van der Waals surface area (Å²) < 4.78 is 42.6. The lowest BCUT2D eigenvalue weighted by Gasteiger charge is -2.06. The van der Waals surface area contributed by atoms with Gasteiger partial charge in [-0.05, 0) is 30.5 Å². The molecule has 7 heteroatoms. The summed E-state index contributed by atoms with van der Waals surface area (Å²) >= 11 is 0. The first-order valence-corrected chi connectivity index (χ1v) is 7.29. The number of nitrogens with two attached hydrogens (primary N) is 1. The predicted octanol–water partition coefficient (Wildman–Crippen LogP) is 2.00. The average Bonchev–Trinajstić information content (AvgIpc) is 3.13. The van der Waals surface area contributed by atoms with Gasteiger partial charge in [0, 0.05) is 0 Å². The molecule has 19 heavy (non-hydrogen) atoms. The van der Waals surface area contributed by atoms with E-state index in [-0.39, 0.29) is 10.8 Å². The maximum atomic E-state index is 14.0. The topological polar surface area (TPSA) is 86.2 Å². The van der Waals surface area contributed by atoms with E-state index in [0.29, 0.717) is 24.0 Å². The molecule has 5 nitrogen and oxygen atoms in total. The Kier molecular flexibility index (Phi) is 2.60. The number of anilines is 1. The number of rotatable bonds is 3. The van der Waals surface area contributed by atoms with Crippen LogP contribution < -0.4 is 5.73 Å². The molecule has 0 saturated heterocycles. The van der Waals surface area contributed by atoms with Crippen LogP contribution in [0, 0.1) is 5.82 Å². The largest absolute Gasteiger partial charge is 0.367 e. The van der Waals surface area contributed by atoms with Crippen molar-refractivity contribution in [2.45, 2.75) is 23.0 Å². The summed E-state index contributed by atoms with van der Waals surface area (Å²) in [6, 6.07) is 3.91. The zero-order chi connectivity index (χ0) is 13.6. The fraction of sp³-hybridized carbons (Fsp3) is 0.250. The van der Waals surface area contributed by atoms with Gasteiger partial charge in [0.05, 0.1) is 17.0 Å². The maximum Gasteiger partial charge on any atom is 0.229 e. The second kappa shape index (κ2) is 4.06. The lowest BCUT2D eigenvalue weighted by atomic mass is 10.1. The summed E-state index contributed by atoms with van der Waals surface area (Å²) in [5.41, 5.74) is 6.41. The summed E-state index contributed by atoms with van der Waals surface area (Å²) in [4.78, 5) is -0.256. The third-order valence-corrected chi connectivity index (χ3v) is 5.40. The Morgan fingerprint density at radius 3 is 2.63 bits per heavy atom. The average molecular weight is 282 g/mol. The van der Waals surface area contributed by atoms with E-state index < -0.39 is 20.9 Å². The van der Waals surface area contributed by atoms with Crippen molar-refractivity contribution in [3.8, 4) is 11.1 Å². The molecule has 2 aromatic rings. The highest BCUT2D eigenvalue weighted by atomic mass is 32.2. The van der Waals surface area contributed by atoms with Gasteiger partial charge in [0.2, 0.25) is 5.88 Å². The fourth-order valence-electron chi connectivity index (χ4n) is 1.92. The number of nitrogen functional groups attached to an aromatic ring is 1. The van der Waals surface area contributed by atoms with Crippen LogP contribution in [0.4, 0.5) is 10.3 Å². The van der Waals surface area contributed by atoms with Crippen molar-refractivity contribution in [3.63, 3.8) is 0 Å². The molecule has 1 fully saturated rings. The molecule has 0 spiro atoms. The van der Waals surface area contributed by atoms with Gasteiger partial charge in [-0.25, -0.2) is 12.8 Å². The highest BCUT2D eigenvalue weighted by molar-refractivity contribution is 7.92. The smallest absolute Gasteiger partial charge is 0.229 e. The van der Waals surface area contributed by atoms with Gasteiger partial charge in [-0.15, -0.1) is 0 Å². The first-order valence-electron chi connectivity index (χ1n) is 5.74. The second-order valence-electron chi connectivity index (χ2n) is 4.49. The van der Waals surface area contributed by atoms with Crippen LogP contribution in [0.3, 0.4) is 0 Å². The van der Waals surface area contributed by atoms with Crippen molar-refractivity contribution >= 4 is 15.7 Å². The molecule has 1 aromatic carbocycles. The number of hydrogen-bond acceptors (Lipinski definition) is 5. The van der Waals surface area contributed by atoms with Crippen LogP contribution in [0.15, 0.2) is 33.8 Å². The van der Waals surface area contributed by atoms with Crippen molar-refractivity contribution in [3.05, 3.63) is 30.2 Å². The lowest BCUT2D eigenvalue weighted by molar-refractivity contribution is 0.436. The minimum atomic E-state index is -3.54. The normalized spacial score (nSPS) is 15.6. The van der Waals surface area contributed by atoms with E-state index in [1.54, 1.807) is 0 Å². The molecule has 0 radical (unpaired) electrons. The summed E-state index contributed by atoms with van der Waals surface area (Å²) in [6.45, 7) is 0. The Hall–Kier alpha value is -1.89. The second-order valence-corrected chi connectivity index (χ2v) is 6.69. The molecule has 0 bridgehead atoms. The van der Waals surface area contributed by atoms with Gasteiger partial charge in [-0.1, -0.05) is 11.2 Å². The van der Waals surface area contributed by atoms with E-state index in [9.17, 15) is 12.8 Å². The third kappa shape index (κ3) is 1.99. The minimum Gasteiger partial charge on any atom is -0.367 e. The van der Waals surface area contributed by atoms with Crippen LogP contribution in [0.5, 0.6) is 0 Å². The molecule has 2 N–H and O–H groups in total. The Morgan fingerprint density at radius 2 is 2.11 bits per heavy atom. The molecule has 0 amide bonds. The predicted molar refractivity (Wildman–Crippen MR) is 66.5 cm³/mol. The van der Waals surface area contributed by atoms with E-state index in [4.69, 9.17) is 10.3 Å². The zero-order valence-corrected chi connectivity index (χ0v) is 10.7. The molecule has 0 aliphatic heterocycles. The van der Waals surface area contributed by atoms with Gasteiger partial charge < -0.3 is 10.3 Å². The Morgan fingerprint density at radius 1 is 1.37 bits per heavy atom. The van der Waals surface area contributed by atoms with Crippen LogP contribution in [0.25, 0.3) is 11.1 Å². The Balaban J connectivity index is 2.06. The van der Waals surface area contributed by atoms with E-state index >= 15 is 0 Å². The van der Waals surface area contributed by atoms with E-state index in [1.165, 1.54) is 18.3 Å². The van der Waals surface area contributed by atoms with Gasteiger partial charge in [0.15, 0.2) is 9.84 Å². The standard InChI is InChI=1S/C12H11FN2O3S/c13-10-5-7(9-6-15-18-12(9)14)1-4-11(10)19(16,17)8-2-3-8/h1,4-6,8H,2-3,14H2. The first kappa shape index (κ1) is 12.2.